The SMILES string of the molecule is CC1CCc2ccc(C(C)C)cc2O1. The molecule has 0 aromatic heterocycles. The van der Waals surface area contributed by atoms with Gasteiger partial charge in [0.2, 0.25) is 0 Å². The van der Waals surface area contributed by atoms with Crippen molar-refractivity contribution in [3.05, 3.63) is 29.3 Å². The monoisotopic (exact) mass is 190 g/mol. The molecule has 1 atom stereocenters. The van der Waals surface area contributed by atoms with Crippen LogP contribution in [0.4, 0.5) is 0 Å². The maximum absolute atomic E-state index is 5.82. The standard InChI is InChI=1S/C13H18O/c1-9(2)12-7-6-11-5-4-10(3)14-13(11)8-12/h6-10H,4-5H2,1-3H3. The predicted molar refractivity (Wildman–Crippen MR) is 58.9 cm³/mol. The summed E-state index contributed by atoms with van der Waals surface area (Å²) < 4.78 is 5.82. The van der Waals surface area contributed by atoms with E-state index in [1.165, 1.54) is 11.1 Å². The predicted octanol–water partition coefficient (Wildman–Crippen LogP) is 3.52. The van der Waals surface area contributed by atoms with Gasteiger partial charge < -0.3 is 4.74 Å². The molecule has 0 amide bonds. The molecule has 0 fully saturated rings. The molecular weight excluding hydrogens is 172 g/mol. The lowest BCUT2D eigenvalue weighted by atomic mass is 9.97. The zero-order valence-electron chi connectivity index (χ0n) is 9.21. The fourth-order valence-corrected chi connectivity index (χ4v) is 1.88. The Bertz CT molecular complexity index is 328. The maximum atomic E-state index is 5.82. The highest BCUT2D eigenvalue weighted by Gasteiger charge is 2.16. The molecule has 1 aliphatic heterocycles. The molecule has 1 aromatic carbocycles. The van der Waals surface area contributed by atoms with Crippen molar-refractivity contribution in [1.29, 1.82) is 0 Å². The number of aryl methyl sites for hydroxylation is 1. The van der Waals surface area contributed by atoms with E-state index in [4.69, 9.17) is 4.74 Å². The summed E-state index contributed by atoms with van der Waals surface area (Å²) in [6.07, 6.45) is 2.69. The van der Waals surface area contributed by atoms with Crippen LogP contribution in [0.1, 0.15) is 44.2 Å². The van der Waals surface area contributed by atoms with Gasteiger partial charge in [-0.05, 0) is 42.9 Å². The average Bonchev–Trinajstić information content (AvgIpc) is 2.16. The van der Waals surface area contributed by atoms with Crippen LogP contribution in [0.15, 0.2) is 18.2 Å². The van der Waals surface area contributed by atoms with Crippen LogP contribution in [0, 0.1) is 0 Å². The van der Waals surface area contributed by atoms with Crippen molar-refractivity contribution in [2.24, 2.45) is 0 Å². The van der Waals surface area contributed by atoms with Gasteiger partial charge in [-0.25, -0.2) is 0 Å². The lowest BCUT2D eigenvalue weighted by molar-refractivity contribution is 0.192. The quantitative estimate of drug-likeness (QED) is 0.658. The van der Waals surface area contributed by atoms with Crippen LogP contribution in [-0.2, 0) is 6.42 Å². The summed E-state index contributed by atoms with van der Waals surface area (Å²) in [6, 6.07) is 6.65. The van der Waals surface area contributed by atoms with Gasteiger partial charge >= 0.3 is 0 Å². The van der Waals surface area contributed by atoms with Crippen molar-refractivity contribution in [1.82, 2.24) is 0 Å². The van der Waals surface area contributed by atoms with E-state index in [-0.39, 0.29) is 0 Å². The molecule has 1 aliphatic rings. The Balaban J connectivity index is 2.33. The van der Waals surface area contributed by atoms with Gasteiger partial charge in [0.15, 0.2) is 0 Å². The van der Waals surface area contributed by atoms with Gasteiger partial charge in [0.05, 0.1) is 6.10 Å². The zero-order valence-corrected chi connectivity index (χ0v) is 9.21. The number of hydrogen-bond donors (Lipinski definition) is 0. The third-order valence-electron chi connectivity index (χ3n) is 2.91. The highest BCUT2D eigenvalue weighted by molar-refractivity contribution is 5.40. The van der Waals surface area contributed by atoms with E-state index in [0.29, 0.717) is 12.0 Å². The Kier molecular flexibility index (Phi) is 2.49. The zero-order chi connectivity index (χ0) is 10.1. The molecular formula is C13H18O. The fraction of sp³-hybridized carbons (Fsp3) is 0.538. The highest BCUT2D eigenvalue weighted by atomic mass is 16.5. The van der Waals surface area contributed by atoms with Gasteiger partial charge in [-0.3, -0.25) is 0 Å². The van der Waals surface area contributed by atoms with Crippen LogP contribution >= 0.6 is 0 Å². The molecule has 1 heterocycles. The first-order valence-electron chi connectivity index (χ1n) is 5.46. The van der Waals surface area contributed by atoms with Crippen LogP contribution in [0.5, 0.6) is 5.75 Å². The van der Waals surface area contributed by atoms with E-state index in [1.807, 2.05) is 0 Å². The molecule has 1 nitrogen and oxygen atoms in total. The summed E-state index contributed by atoms with van der Waals surface area (Å²) in [7, 11) is 0. The molecule has 0 bridgehead atoms. The first-order valence-corrected chi connectivity index (χ1v) is 5.46. The van der Waals surface area contributed by atoms with Crippen molar-refractivity contribution in [3.63, 3.8) is 0 Å². The molecule has 0 saturated carbocycles. The van der Waals surface area contributed by atoms with Crippen LogP contribution < -0.4 is 4.74 Å². The number of rotatable bonds is 1. The Hall–Kier alpha value is -0.980. The Morgan fingerprint density at radius 3 is 2.86 bits per heavy atom. The van der Waals surface area contributed by atoms with E-state index >= 15 is 0 Å². The fourth-order valence-electron chi connectivity index (χ4n) is 1.88. The molecule has 0 saturated heterocycles. The van der Waals surface area contributed by atoms with Crippen LogP contribution in [-0.4, -0.2) is 6.10 Å². The summed E-state index contributed by atoms with van der Waals surface area (Å²) in [4.78, 5) is 0. The first-order chi connectivity index (χ1) is 6.66. The molecule has 0 aliphatic carbocycles. The molecule has 14 heavy (non-hydrogen) atoms. The van der Waals surface area contributed by atoms with Crippen LogP contribution in [0.2, 0.25) is 0 Å². The minimum absolute atomic E-state index is 0.380. The minimum atomic E-state index is 0.380. The molecule has 0 radical (unpaired) electrons. The van der Waals surface area contributed by atoms with E-state index < -0.39 is 0 Å². The first kappa shape index (κ1) is 9.57. The van der Waals surface area contributed by atoms with E-state index in [0.717, 1.165) is 18.6 Å². The summed E-state index contributed by atoms with van der Waals surface area (Å²) in [5.41, 5.74) is 2.74. The number of ether oxygens (including phenoxy) is 1. The molecule has 2 rings (SSSR count). The molecule has 1 aromatic rings. The van der Waals surface area contributed by atoms with Gasteiger partial charge in [0.1, 0.15) is 5.75 Å². The lowest BCUT2D eigenvalue weighted by Gasteiger charge is -2.24. The van der Waals surface area contributed by atoms with Crippen molar-refractivity contribution in [2.75, 3.05) is 0 Å². The summed E-state index contributed by atoms with van der Waals surface area (Å²) >= 11 is 0. The Morgan fingerprint density at radius 1 is 1.36 bits per heavy atom. The number of hydrogen-bond acceptors (Lipinski definition) is 1. The third kappa shape index (κ3) is 1.77. The smallest absolute Gasteiger partial charge is 0.123 e. The Labute approximate surface area is 86.1 Å². The maximum Gasteiger partial charge on any atom is 0.123 e. The van der Waals surface area contributed by atoms with Gasteiger partial charge in [-0.2, -0.15) is 0 Å². The molecule has 0 spiro atoms. The van der Waals surface area contributed by atoms with Crippen LogP contribution in [0.3, 0.4) is 0 Å². The summed E-state index contributed by atoms with van der Waals surface area (Å²) in [5.74, 6) is 1.69. The summed E-state index contributed by atoms with van der Waals surface area (Å²) in [5, 5.41) is 0. The normalized spacial score (nSPS) is 20.4. The lowest BCUT2D eigenvalue weighted by Crippen LogP contribution is -2.18. The van der Waals surface area contributed by atoms with E-state index in [1.54, 1.807) is 0 Å². The second kappa shape index (κ2) is 3.64. The van der Waals surface area contributed by atoms with Crippen molar-refractivity contribution < 1.29 is 4.74 Å². The van der Waals surface area contributed by atoms with Gasteiger partial charge in [0, 0.05) is 0 Å². The second-order valence-electron chi connectivity index (χ2n) is 4.49. The molecule has 1 unspecified atom stereocenters. The highest BCUT2D eigenvalue weighted by Crippen LogP contribution is 2.30. The average molecular weight is 190 g/mol. The Morgan fingerprint density at radius 2 is 2.14 bits per heavy atom. The van der Waals surface area contributed by atoms with Crippen molar-refractivity contribution in [2.45, 2.75) is 45.6 Å². The van der Waals surface area contributed by atoms with Gasteiger partial charge in [-0.15, -0.1) is 0 Å². The molecule has 76 valence electrons. The van der Waals surface area contributed by atoms with Crippen LogP contribution in [0.25, 0.3) is 0 Å². The molecule has 1 heteroatoms. The van der Waals surface area contributed by atoms with Crippen molar-refractivity contribution in [3.8, 4) is 5.75 Å². The largest absolute Gasteiger partial charge is 0.490 e. The van der Waals surface area contributed by atoms with Crippen molar-refractivity contribution >= 4 is 0 Å². The number of benzene rings is 1. The van der Waals surface area contributed by atoms with E-state index in [2.05, 4.69) is 39.0 Å². The minimum Gasteiger partial charge on any atom is -0.490 e. The van der Waals surface area contributed by atoms with Gasteiger partial charge in [-0.1, -0.05) is 26.0 Å². The third-order valence-corrected chi connectivity index (χ3v) is 2.91. The second-order valence-corrected chi connectivity index (χ2v) is 4.49. The summed E-state index contributed by atoms with van der Waals surface area (Å²) in [6.45, 7) is 6.58. The topological polar surface area (TPSA) is 9.23 Å². The number of fused-ring (bicyclic) bond motifs is 1. The molecule has 0 N–H and O–H groups in total. The van der Waals surface area contributed by atoms with Gasteiger partial charge in [0.25, 0.3) is 0 Å². The van der Waals surface area contributed by atoms with E-state index in [9.17, 15) is 0 Å².